The van der Waals surface area contributed by atoms with E-state index < -0.39 is 22.0 Å². The minimum Gasteiger partial charge on any atom is -0.478 e. The van der Waals surface area contributed by atoms with Gasteiger partial charge >= 0.3 is 5.97 Å². The molecule has 0 aliphatic carbocycles. The zero-order valence-electron chi connectivity index (χ0n) is 11.7. The summed E-state index contributed by atoms with van der Waals surface area (Å²) in [6, 6.07) is 1.78. The monoisotopic (exact) mass is 329 g/mol. The molecule has 7 heteroatoms. The first-order chi connectivity index (χ1) is 9.72. The Morgan fingerprint density at radius 2 is 2.14 bits per heavy atom. The average molecular weight is 330 g/mol. The predicted molar refractivity (Wildman–Crippen MR) is 81.0 cm³/mol. The molecule has 1 rings (SSSR count). The first-order valence-corrected chi connectivity index (χ1v) is 8.11. The number of terminal acetylenes is 1. The van der Waals surface area contributed by atoms with Crippen molar-refractivity contribution in [2.24, 2.45) is 0 Å². The summed E-state index contributed by atoms with van der Waals surface area (Å²) >= 11 is 5.81. The number of carboxylic acids is 1. The summed E-state index contributed by atoms with van der Waals surface area (Å²) in [4.78, 5) is 11.0. The van der Waals surface area contributed by atoms with Gasteiger partial charge in [0.25, 0.3) is 0 Å². The normalized spacial score (nSPS) is 12.7. The maximum absolute atomic E-state index is 12.4. The van der Waals surface area contributed by atoms with Crippen LogP contribution in [0.15, 0.2) is 17.0 Å². The van der Waals surface area contributed by atoms with Crippen LogP contribution >= 0.6 is 11.6 Å². The number of halogens is 1. The van der Waals surface area contributed by atoms with Gasteiger partial charge < -0.3 is 5.11 Å². The predicted octanol–water partition coefficient (Wildman–Crippen LogP) is 2.43. The molecule has 1 unspecified atom stereocenters. The van der Waals surface area contributed by atoms with Crippen molar-refractivity contribution in [2.75, 3.05) is 0 Å². The first-order valence-electron chi connectivity index (χ1n) is 6.24. The third-order valence-electron chi connectivity index (χ3n) is 2.92. The van der Waals surface area contributed by atoms with Crippen LogP contribution < -0.4 is 4.72 Å². The standard InChI is InChI=1S/C14H16ClNO4S/c1-4-6-11(5-2)16-21(19,20)13-8-10(15)7-12(9(13)3)14(17)18/h2,7-8,11,16H,4,6H2,1,3H3,(H,17,18). The zero-order valence-corrected chi connectivity index (χ0v) is 13.3. The fourth-order valence-electron chi connectivity index (χ4n) is 1.87. The van der Waals surface area contributed by atoms with E-state index in [0.717, 1.165) is 0 Å². The van der Waals surface area contributed by atoms with Crippen molar-refractivity contribution < 1.29 is 18.3 Å². The summed E-state index contributed by atoms with van der Waals surface area (Å²) in [5, 5.41) is 9.12. The van der Waals surface area contributed by atoms with Crippen molar-refractivity contribution in [3.05, 3.63) is 28.3 Å². The Bertz CT molecular complexity index is 692. The molecule has 0 bridgehead atoms. The first kappa shape index (κ1) is 17.5. The molecule has 114 valence electrons. The number of rotatable bonds is 6. The van der Waals surface area contributed by atoms with Crippen LogP contribution in [-0.4, -0.2) is 25.5 Å². The largest absolute Gasteiger partial charge is 0.478 e. The molecule has 1 atom stereocenters. The molecule has 5 nitrogen and oxygen atoms in total. The summed E-state index contributed by atoms with van der Waals surface area (Å²) in [5.74, 6) is 1.12. The molecule has 0 aliphatic heterocycles. The highest BCUT2D eigenvalue weighted by atomic mass is 35.5. The number of sulfonamides is 1. The number of carboxylic acid groups (broad SMARTS) is 1. The fraction of sp³-hybridized carbons (Fsp3) is 0.357. The van der Waals surface area contributed by atoms with E-state index >= 15 is 0 Å². The maximum Gasteiger partial charge on any atom is 0.336 e. The summed E-state index contributed by atoms with van der Waals surface area (Å²) in [5.41, 5.74) is -0.0395. The van der Waals surface area contributed by atoms with Gasteiger partial charge in [-0.25, -0.2) is 13.2 Å². The van der Waals surface area contributed by atoms with E-state index in [4.69, 9.17) is 23.1 Å². The van der Waals surface area contributed by atoms with E-state index in [-0.39, 0.29) is 21.0 Å². The second-order valence-corrected chi connectivity index (χ2v) is 6.63. The second kappa shape index (κ2) is 6.94. The highest BCUT2D eigenvalue weighted by Gasteiger charge is 2.24. The lowest BCUT2D eigenvalue weighted by Crippen LogP contribution is -2.34. The lowest BCUT2D eigenvalue weighted by molar-refractivity contribution is 0.0696. The van der Waals surface area contributed by atoms with Gasteiger partial charge in [0.1, 0.15) is 0 Å². The molecule has 0 saturated heterocycles. The molecule has 0 heterocycles. The fourth-order valence-corrected chi connectivity index (χ4v) is 3.64. The van der Waals surface area contributed by atoms with Crippen molar-refractivity contribution in [3.8, 4) is 12.3 Å². The SMILES string of the molecule is C#CC(CCC)NS(=O)(=O)c1cc(Cl)cc(C(=O)O)c1C. The quantitative estimate of drug-likeness (QED) is 0.785. The van der Waals surface area contributed by atoms with Gasteiger partial charge in [0.15, 0.2) is 0 Å². The van der Waals surface area contributed by atoms with Crippen LogP contribution in [-0.2, 0) is 10.0 Å². The van der Waals surface area contributed by atoms with E-state index in [1.165, 1.54) is 19.1 Å². The number of hydrogen-bond acceptors (Lipinski definition) is 3. The molecular formula is C14H16ClNO4S. The molecule has 0 radical (unpaired) electrons. The van der Waals surface area contributed by atoms with Gasteiger partial charge in [-0.15, -0.1) is 6.42 Å². The molecule has 0 aromatic heterocycles. The molecular weight excluding hydrogens is 314 g/mol. The summed E-state index contributed by atoms with van der Waals surface area (Å²) in [6.45, 7) is 3.30. The Morgan fingerprint density at radius 1 is 1.52 bits per heavy atom. The van der Waals surface area contributed by atoms with Crippen LogP contribution in [0.5, 0.6) is 0 Å². The molecule has 0 amide bonds. The Labute approximate surface area is 129 Å². The molecule has 0 spiro atoms. The molecule has 2 N–H and O–H groups in total. The van der Waals surface area contributed by atoms with E-state index in [2.05, 4.69) is 10.6 Å². The van der Waals surface area contributed by atoms with Crippen LogP contribution in [0.25, 0.3) is 0 Å². The zero-order chi connectivity index (χ0) is 16.2. The van der Waals surface area contributed by atoms with Gasteiger partial charge in [0.05, 0.1) is 16.5 Å². The number of hydrogen-bond donors (Lipinski definition) is 2. The van der Waals surface area contributed by atoms with Crippen LogP contribution in [0.3, 0.4) is 0 Å². The van der Waals surface area contributed by atoms with Gasteiger partial charge in [-0.3, -0.25) is 0 Å². The van der Waals surface area contributed by atoms with E-state index in [1.807, 2.05) is 6.92 Å². The van der Waals surface area contributed by atoms with Crippen LogP contribution in [0, 0.1) is 19.3 Å². The molecule has 1 aromatic rings. The van der Waals surface area contributed by atoms with Crippen LogP contribution in [0.4, 0.5) is 0 Å². The lowest BCUT2D eigenvalue weighted by Gasteiger charge is -2.15. The molecule has 0 fully saturated rings. The van der Waals surface area contributed by atoms with Gasteiger partial charge in [0.2, 0.25) is 10.0 Å². The summed E-state index contributed by atoms with van der Waals surface area (Å²) < 4.78 is 27.1. The number of nitrogens with one attached hydrogen (secondary N) is 1. The summed E-state index contributed by atoms with van der Waals surface area (Å²) in [6.07, 6.45) is 6.49. The average Bonchev–Trinajstić information content (AvgIpc) is 2.39. The molecule has 21 heavy (non-hydrogen) atoms. The number of carbonyl (C=O) groups is 1. The highest BCUT2D eigenvalue weighted by Crippen LogP contribution is 2.25. The van der Waals surface area contributed by atoms with Crippen molar-refractivity contribution in [1.29, 1.82) is 0 Å². The van der Waals surface area contributed by atoms with Gasteiger partial charge in [-0.1, -0.05) is 30.9 Å². The third-order valence-corrected chi connectivity index (χ3v) is 4.74. The second-order valence-electron chi connectivity index (χ2n) is 4.51. The van der Waals surface area contributed by atoms with Crippen molar-refractivity contribution >= 4 is 27.6 Å². The Hall–Kier alpha value is -1.55. The highest BCUT2D eigenvalue weighted by molar-refractivity contribution is 7.89. The summed E-state index contributed by atoms with van der Waals surface area (Å²) in [7, 11) is -3.94. The Morgan fingerprint density at radius 3 is 2.62 bits per heavy atom. The topological polar surface area (TPSA) is 83.5 Å². The smallest absolute Gasteiger partial charge is 0.336 e. The minimum atomic E-state index is -3.94. The number of aromatic carboxylic acids is 1. The molecule has 1 aromatic carbocycles. The van der Waals surface area contributed by atoms with Crippen LogP contribution in [0.1, 0.15) is 35.7 Å². The van der Waals surface area contributed by atoms with Crippen molar-refractivity contribution in [3.63, 3.8) is 0 Å². The Kier molecular flexibility index (Phi) is 5.78. The maximum atomic E-state index is 12.4. The van der Waals surface area contributed by atoms with Crippen molar-refractivity contribution in [1.82, 2.24) is 4.72 Å². The third kappa shape index (κ3) is 4.21. The van der Waals surface area contributed by atoms with Crippen molar-refractivity contribution in [2.45, 2.75) is 37.6 Å². The lowest BCUT2D eigenvalue weighted by atomic mass is 10.1. The Balaban J connectivity index is 3.32. The van der Waals surface area contributed by atoms with Gasteiger partial charge in [-0.2, -0.15) is 4.72 Å². The van der Waals surface area contributed by atoms with Gasteiger partial charge in [-0.05, 0) is 31.0 Å². The number of benzene rings is 1. The van der Waals surface area contributed by atoms with Gasteiger partial charge in [0, 0.05) is 5.02 Å². The van der Waals surface area contributed by atoms with E-state index in [0.29, 0.717) is 12.8 Å². The van der Waals surface area contributed by atoms with E-state index in [1.54, 1.807) is 0 Å². The van der Waals surface area contributed by atoms with E-state index in [9.17, 15) is 13.2 Å². The molecule has 0 saturated carbocycles. The minimum absolute atomic E-state index is 0.0334. The molecule has 0 aliphatic rings. The van der Waals surface area contributed by atoms with Crippen LogP contribution in [0.2, 0.25) is 5.02 Å².